The smallest absolute Gasteiger partial charge is 0.129 e. The first-order valence-electron chi connectivity index (χ1n) is 8.32. The Kier molecular flexibility index (Phi) is 6.91. The van der Waals surface area contributed by atoms with Crippen molar-refractivity contribution in [3.63, 3.8) is 0 Å². The standard InChI is InChI=1S/C20H24FO3/c1-4-22-16-13-19(23-5-2)17(20(14-16)24-6-3)12-11-15-9-7-8-10-18(15)21/h7-11,13-14H,4-6,12H2,1-3H3. The minimum atomic E-state index is -0.237. The highest BCUT2D eigenvalue weighted by molar-refractivity contribution is 5.52. The van der Waals surface area contributed by atoms with E-state index in [4.69, 9.17) is 14.2 Å². The molecule has 0 saturated heterocycles. The fraction of sp³-hybridized carbons (Fsp3) is 0.350. The first kappa shape index (κ1) is 18.1. The minimum Gasteiger partial charge on any atom is -0.494 e. The summed E-state index contributed by atoms with van der Waals surface area (Å²) < 4.78 is 30.9. The maximum absolute atomic E-state index is 13.8. The average molecular weight is 331 g/mol. The highest BCUT2D eigenvalue weighted by Crippen LogP contribution is 2.36. The summed E-state index contributed by atoms with van der Waals surface area (Å²) in [6.45, 7) is 7.43. The Labute approximate surface area is 143 Å². The van der Waals surface area contributed by atoms with Gasteiger partial charge in [-0.3, -0.25) is 0 Å². The maximum atomic E-state index is 13.8. The third-order valence-corrected chi connectivity index (χ3v) is 3.48. The lowest BCUT2D eigenvalue weighted by atomic mass is 10.0. The summed E-state index contributed by atoms with van der Waals surface area (Å²) in [7, 11) is 0. The molecular weight excluding hydrogens is 307 g/mol. The molecule has 2 aromatic rings. The molecule has 0 heterocycles. The number of hydrogen-bond acceptors (Lipinski definition) is 3. The number of hydrogen-bond donors (Lipinski definition) is 0. The van der Waals surface area contributed by atoms with Gasteiger partial charge >= 0.3 is 0 Å². The molecule has 1 radical (unpaired) electrons. The van der Waals surface area contributed by atoms with Gasteiger partial charge in [-0.2, -0.15) is 0 Å². The molecule has 0 aromatic heterocycles. The molecule has 0 N–H and O–H groups in total. The van der Waals surface area contributed by atoms with E-state index in [1.54, 1.807) is 12.1 Å². The van der Waals surface area contributed by atoms with Gasteiger partial charge in [0.1, 0.15) is 23.1 Å². The van der Waals surface area contributed by atoms with Gasteiger partial charge in [0.15, 0.2) is 0 Å². The zero-order valence-corrected chi connectivity index (χ0v) is 14.5. The van der Waals surface area contributed by atoms with Crippen LogP contribution in [0, 0.1) is 12.2 Å². The van der Waals surface area contributed by atoms with Crippen molar-refractivity contribution in [2.45, 2.75) is 27.2 Å². The largest absolute Gasteiger partial charge is 0.494 e. The van der Waals surface area contributed by atoms with Crippen LogP contribution in [0.25, 0.3) is 0 Å². The van der Waals surface area contributed by atoms with Gasteiger partial charge in [0.05, 0.1) is 19.8 Å². The number of halogens is 1. The lowest BCUT2D eigenvalue weighted by Gasteiger charge is -2.17. The summed E-state index contributed by atoms with van der Waals surface area (Å²) in [5.74, 6) is 1.89. The zero-order valence-electron chi connectivity index (χ0n) is 14.5. The highest BCUT2D eigenvalue weighted by Gasteiger charge is 2.15. The summed E-state index contributed by atoms with van der Waals surface area (Å²) in [5.41, 5.74) is 1.46. The Balaban J connectivity index is 2.32. The first-order chi connectivity index (χ1) is 11.7. The molecule has 0 aliphatic heterocycles. The topological polar surface area (TPSA) is 27.7 Å². The quantitative estimate of drug-likeness (QED) is 0.659. The van der Waals surface area contributed by atoms with Crippen molar-refractivity contribution in [2.24, 2.45) is 0 Å². The summed E-state index contributed by atoms with van der Waals surface area (Å²) >= 11 is 0. The zero-order chi connectivity index (χ0) is 17.4. The van der Waals surface area contributed by atoms with Crippen LogP contribution in [-0.4, -0.2) is 19.8 Å². The monoisotopic (exact) mass is 331 g/mol. The Bertz CT molecular complexity index is 628. The van der Waals surface area contributed by atoms with E-state index in [0.717, 1.165) is 5.56 Å². The van der Waals surface area contributed by atoms with E-state index in [9.17, 15) is 4.39 Å². The van der Waals surface area contributed by atoms with Crippen LogP contribution in [0.15, 0.2) is 36.4 Å². The van der Waals surface area contributed by atoms with E-state index in [1.165, 1.54) is 6.07 Å². The van der Waals surface area contributed by atoms with Crippen molar-refractivity contribution in [3.8, 4) is 17.2 Å². The summed E-state index contributed by atoms with van der Waals surface area (Å²) in [4.78, 5) is 0. The second-order valence-electron chi connectivity index (χ2n) is 5.13. The number of ether oxygens (including phenoxy) is 3. The van der Waals surface area contributed by atoms with Crippen molar-refractivity contribution in [2.75, 3.05) is 19.8 Å². The predicted octanol–water partition coefficient (Wildman–Crippen LogP) is 4.82. The normalized spacial score (nSPS) is 10.5. The Morgan fingerprint density at radius 3 is 2.00 bits per heavy atom. The first-order valence-corrected chi connectivity index (χ1v) is 8.32. The Hall–Kier alpha value is -2.23. The Morgan fingerprint density at radius 2 is 1.46 bits per heavy atom. The lowest BCUT2D eigenvalue weighted by molar-refractivity contribution is 0.302. The highest BCUT2D eigenvalue weighted by atomic mass is 19.1. The fourth-order valence-corrected chi connectivity index (χ4v) is 2.47. The summed E-state index contributed by atoms with van der Waals surface area (Å²) in [6, 6.07) is 10.4. The van der Waals surface area contributed by atoms with Crippen LogP contribution in [0.5, 0.6) is 17.2 Å². The van der Waals surface area contributed by atoms with Crippen LogP contribution < -0.4 is 14.2 Å². The Morgan fingerprint density at radius 1 is 0.875 bits per heavy atom. The van der Waals surface area contributed by atoms with Crippen LogP contribution in [0.4, 0.5) is 4.39 Å². The van der Waals surface area contributed by atoms with E-state index in [2.05, 4.69) is 0 Å². The molecule has 0 atom stereocenters. The van der Waals surface area contributed by atoms with E-state index in [0.29, 0.717) is 49.1 Å². The van der Waals surface area contributed by atoms with Gasteiger partial charge in [0.2, 0.25) is 0 Å². The van der Waals surface area contributed by atoms with Crippen molar-refractivity contribution < 1.29 is 18.6 Å². The van der Waals surface area contributed by atoms with Gasteiger partial charge < -0.3 is 14.2 Å². The molecule has 2 aromatic carbocycles. The molecule has 0 bridgehead atoms. The van der Waals surface area contributed by atoms with Crippen molar-refractivity contribution in [1.29, 1.82) is 0 Å². The van der Waals surface area contributed by atoms with Gasteiger partial charge in [-0.15, -0.1) is 0 Å². The van der Waals surface area contributed by atoms with Gasteiger partial charge in [-0.25, -0.2) is 4.39 Å². The molecule has 0 saturated carbocycles. The van der Waals surface area contributed by atoms with Gasteiger partial charge in [-0.05, 0) is 45.2 Å². The molecule has 0 unspecified atom stereocenters. The average Bonchev–Trinajstić information content (AvgIpc) is 2.56. The SMILES string of the molecule is CCOc1cc(OCC)c(C[CH]c2ccccc2F)c(OCC)c1. The van der Waals surface area contributed by atoms with Gasteiger partial charge in [-0.1, -0.05) is 18.2 Å². The van der Waals surface area contributed by atoms with E-state index in [1.807, 2.05) is 45.4 Å². The van der Waals surface area contributed by atoms with Crippen LogP contribution in [-0.2, 0) is 6.42 Å². The molecule has 0 fully saturated rings. The van der Waals surface area contributed by atoms with Crippen LogP contribution in [0.3, 0.4) is 0 Å². The summed E-state index contributed by atoms with van der Waals surface area (Å²) in [5, 5.41) is 0. The maximum Gasteiger partial charge on any atom is 0.129 e. The van der Waals surface area contributed by atoms with Crippen LogP contribution in [0.2, 0.25) is 0 Å². The molecule has 2 rings (SSSR count). The third-order valence-electron chi connectivity index (χ3n) is 3.48. The molecule has 0 aliphatic carbocycles. The fourth-order valence-electron chi connectivity index (χ4n) is 2.47. The van der Waals surface area contributed by atoms with E-state index in [-0.39, 0.29) is 5.82 Å². The molecule has 24 heavy (non-hydrogen) atoms. The van der Waals surface area contributed by atoms with Crippen LogP contribution >= 0.6 is 0 Å². The van der Waals surface area contributed by atoms with E-state index < -0.39 is 0 Å². The van der Waals surface area contributed by atoms with Crippen molar-refractivity contribution >= 4 is 0 Å². The third kappa shape index (κ3) is 4.63. The predicted molar refractivity (Wildman–Crippen MR) is 93.5 cm³/mol. The lowest BCUT2D eigenvalue weighted by Crippen LogP contribution is -2.04. The van der Waals surface area contributed by atoms with E-state index >= 15 is 0 Å². The molecule has 129 valence electrons. The molecular formula is C20H24FO3. The number of benzene rings is 2. The van der Waals surface area contributed by atoms with Crippen molar-refractivity contribution in [1.82, 2.24) is 0 Å². The molecule has 4 heteroatoms. The van der Waals surface area contributed by atoms with Gasteiger partial charge in [0.25, 0.3) is 0 Å². The number of rotatable bonds is 9. The molecule has 0 spiro atoms. The minimum absolute atomic E-state index is 0.237. The molecule has 3 nitrogen and oxygen atoms in total. The van der Waals surface area contributed by atoms with Crippen LogP contribution in [0.1, 0.15) is 31.9 Å². The summed E-state index contributed by atoms with van der Waals surface area (Å²) in [6.07, 6.45) is 2.36. The second-order valence-corrected chi connectivity index (χ2v) is 5.13. The van der Waals surface area contributed by atoms with Gasteiger partial charge in [0, 0.05) is 17.7 Å². The van der Waals surface area contributed by atoms with Crippen molar-refractivity contribution in [3.05, 3.63) is 59.8 Å². The molecule has 0 amide bonds. The molecule has 0 aliphatic rings. The second kappa shape index (κ2) is 9.16.